The van der Waals surface area contributed by atoms with Crippen LogP contribution < -0.4 is 5.48 Å². The smallest absolute Gasteiger partial charge is 0.235 e. The highest BCUT2D eigenvalue weighted by molar-refractivity contribution is 5.83. The molecule has 0 aromatic carbocycles. The first-order chi connectivity index (χ1) is 3.66. The van der Waals surface area contributed by atoms with Crippen molar-refractivity contribution in [3.63, 3.8) is 0 Å². The number of carbonyl (C=O) groups excluding carboxylic acids is 1. The molecule has 0 spiro atoms. The Bertz CT molecular complexity index is 110. The minimum atomic E-state index is -1.39. The van der Waals surface area contributed by atoms with Crippen LogP contribution in [-0.4, -0.2) is 16.3 Å². The molecule has 0 aliphatic rings. The number of carbonyl (C=O) groups is 1. The predicted molar refractivity (Wildman–Crippen MR) is 20.7 cm³/mol. The van der Waals surface area contributed by atoms with Gasteiger partial charge in [-0.05, 0) is 0 Å². The second-order valence-corrected chi connectivity index (χ2v) is 0.755. The number of urea groups is 1. The summed E-state index contributed by atoms with van der Waals surface area (Å²) < 4.78 is 0. The fourth-order valence-electron chi connectivity index (χ4n) is 0.0965. The zero-order valence-corrected chi connectivity index (χ0v) is 3.57. The first-order valence-electron chi connectivity index (χ1n) is 1.47. The zero-order chi connectivity index (χ0) is 6.57. The number of hydrogen-bond donors (Lipinski definition) is 2. The minimum Gasteiger partial charge on any atom is -0.370 e. The standard InChI is InChI=1S/CH3N3O4/c5-1(3-6)2-4(7)8/h(H3,2,3,5,6)/p-1. The number of amides is 2. The van der Waals surface area contributed by atoms with E-state index in [0.717, 1.165) is 5.48 Å². The SMILES string of the molecule is O=C([N-][N+](=O)[O-])NO. The van der Waals surface area contributed by atoms with Crippen LogP contribution in [0.3, 0.4) is 0 Å². The molecule has 0 fully saturated rings. The van der Waals surface area contributed by atoms with Gasteiger partial charge in [0.25, 0.3) is 0 Å². The van der Waals surface area contributed by atoms with Crippen molar-refractivity contribution in [2.75, 3.05) is 0 Å². The molecule has 0 aliphatic carbocycles. The molecule has 8 heavy (non-hydrogen) atoms. The summed E-state index contributed by atoms with van der Waals surface area (Å²) >= 11 is 0. The van der Waals surface area contributed by atoms with E-state index in [1.807, 2.05) is 0 Å². The Hall–Kier alpha value is -1.37. The fraction of sp³-hybridized carbons (Fsp3) is 0. The van der Waals surface area contributed by atoms with Crippen molar-refractivity contribution in [2.45, 2.75) is 0 Å². The van der Waals surface area contributed by atoms with Gasteiger partial charge in [-0.15, -0.1) is 0 Å². The van der Waals surface area contributed by atoms with Crippen molar-refractivity contribution in [3.05, 3.63) is 15.5 Å². The molecule has 7 heteroatoms. The zero-order valence-electron chi connectivity index (χ0n) is 3.57. The third-order valence-corrected chi connectivity index (χ3v) is 0.268. The lowest BCUT2D eigenvalue weighted by molar-refractivity contribution is -0.418. The van der Waals surface area contributed by atoms with E-state index >= 15 is 0 Å². The summed E-state index contributed by atoms with van der Waals surface area (Å²) in [7, 11) is 0. The van der Waals surface area contributed by atoms with Crippen LogP contribution in [0.5, 0.6) is 0 Å². The van der Waals surface area contributed by atoms with Crippen molar-refractivity contribution in [3.8, 4) is 0 Å². The Kier molecular flexibility index (Phi) is 2.28. The molecule has 0 heterocycles. The van der Waals surface area contributed by atoms with E-state index < -0.39 is 11.1 Å². The fourth-order valence-corrected chi connectivity index (χ4v) is 0.0965. The molecule has 0 unspecified atom stereocenters. The molecular formula is CH2N3O4-. The van der Waals surface area contributed by atoms with Crippen LogP contribution in [0.15, 0.2) is 0 Å². The Morgan fingerprint density at radius 1 is 1.88 bits per heavy atom. The van der Waals surface area contributed by atoms with Gasteiger partial charge in [-0.25, -0.2) is 0 Å². The number of nitro groups is 1. The van der Waals surface area contributed by atoms with Gasteiger partial charge in [-0.1, -0.05) is 5.43 Å². The lowest BCUT2D eigenvalue weighted by Gasteiger charge is -1.98. The van der Waals surface area contributed by atoms with Crippen molar-refractivity contribution in [2.24, 2.45) is 0 Å². The first-order valence-corrected chi connectivity index (χ1v) is 1.47. The van der Waals surface area contributed by atoms with Crippen molar-refractivity contribution < 1.29 is 15.0 Å². The maximum atomic E-state index is 9.65. The van der Waals surface area contributed by atoms with Crippen molar-refractivity contribution >= 4 is 6.03 Å². The van der Waals surface area contributed by atoms with Gasteiger partial charge in [0.05, 0.1) is 5.03 Å². The van der Waals surface area contributed by atoms with Gasteiger partial charge >= 0.3 is 0 Å². The normalized spacial score (nSPS) is 7.62. The molecule has 0 saturated heterocycles. The van der Waals surface area contributed by atoms with Gasteiger partial charge in [0.1, 0.15) is 0 Å². The largest absolute Gasteiger partial charge is 0.370 e. The van der Waals surface area contributed by atoms with E-state index in [0.29, 0.717) is 0 Å². The lowest BCUT2D eigenvalue weighted by atomic mass is 11.1. The Balaban J connectivity index is 3.40. The van der Waals surface area contributed by atoms with Gasteiger partial charge in [-0.2, -0.15) is 0 Å². The first kappa shape index (κ1) is 6.63. The average Bonchev–Trinajstić information content (AvgIpc) is 1.65. The number of rotatable bonds is 1. The van der Waals surface area contributed by atoms with E-state index in [-0.39, 0.29) is 0 Å². The van der Waals surface area contributed by atoms with E-state index in [4.69, 9.17) is 5.21 Å². The van der Waals surface area contributed by atoms with Crippen LogP contribution in [0, 0.1) is 10.1 Å². The molecule has 46 valence electrons. The molecular weight excluding hydrogens is 118 g/mol. The Morgan fingerprint density at radius 3 is 2.50 bits per heavy atom. The summed E-state index contributed by atoms with van der Waals surface area (Å²) in [6.07, 6.45) is 0. The van der Waals surface area contributed by atoms with Gasteiger partial charge in [0.15, 0.2) is 0 Å². The summed E-state index contributed by atoms with van der Waals surface area (Å²) in [4.78, 5) is 18.9. The van der Waals surface area contributed by atoms with E-state index in [1.54, 1.807) is 0 Å². The maximum absolute atomic E-state index is 9.65. The third-order valence-electron chi connectivity index (χ3n) is 0.268. The van der Waals surface area contributed by atoms with Crippen molar-refractivity contribution in [1.82, 2.24) is 5.48 Å². The van der Waals surface area contributed by atoms with Crippen LogP contribution in [0.2, 0.25) is 0 Å². The monoisotopic (exact) mass is 120 g/mol. The van der Waals surface area contributed by atoms with E-state index in [1.165, 1.54) is 0 Å². The highest BCUT2D eigenvalue weighted by Crippen LogP contribution is 1.84. The van der Waals surface area contributed by atoms with Crippen LogP contribution in [0.4, 0.5) is 4.79 Å². The van der Waals surface area contributed by atoms with Gasteiger partial charge in [-0.3, -0.25) is 14.9 Å². The summed E-state index contributed by atoms with van der Waals surface area (Å²) in [5, 5.41) is 15.6. The molecule has 0 aliphatic heterocycles. The maximum Gasteiger partial charge on any atom is 0.235 e. The quantitative estimate of drug-likeness (QED) is 0.280. The summed E-state index contributed by atoms with van der Waals surface area (Å²) in [5.41, 5.74) is 3.07. The third kappa shape index (κ3) is 2.85. The van der Waals surface area contributed by atoms with E-state index in [2.05, 4.69) is 5.43 Å². The van der Waals surface area contributed by atoms with Crippen LogP contribution in [0.25, 0.3) is 5.43 Å². The van der Waals surface area contributed by atoms with Gasteiger partial charge < -0.3 is 10.7 Å². The second-order valence-electron chi connectivity index (χ2n) is 0.755. The molecule has 0 rings (SSSR count). The van der Waals surface area contributed by atoms with Crippen LogP contribution in [0.1, 0.15) is 0 Å². The topological polar surface area (TPSA) is 107 Å². The Labute approximate surface area is 43.4 Å². The van der Waals surface area contributed by atoms with Crippen molar-refractivity contribution in [1.29, 1.82) is 0 Å². The average molecular weight is 120 g/mol. The van der Waals surface area contributed by atoms with Crippen LogP contribution >= 0.6 is 0 Å². The Morgan fingerprint density at radius 2 is 2.38 bits per heavy atom. The summed E-state index contributed by atoms with van der Waals surface area (Å²) in [6.45, 7) is 0. The van der Waals surface area contributed by atoms with E-state index in [9.17, 15) is 14.9 Å². The highest BCUT2D eigenvalue weighted by atomic mass is 16.7. The molecule has 0 aromatic heterocycles. The molecule has 0 bridgehead atoms. The molecule has 7 nitrogen and oxygen atoms in total. The predicted octanol–water partition coefficient (Wildman–Crippen LogP) is -0.349. The molecule has 0 atom stereocenters. The molecule has 2 N–H and O–H groups in total. The summed E-state index contributed by atoms with van der Waals surface area (Å²) in [6, 6.07) is -1.39. The van der Waals surface area contributed by atoms with Crippen LogP contribution in [-0.2, 0) is 0 Å². The molecule has 2 amide bonds. The molecule has 0 radical (unpaired) electrons. The number of hydroxylamine groups is 1. The number of hydrogen-bond acceptors (Lipinski definition) is 4. The minimum absolute atomic E-state index is 0.949. The lowest BCUT2D eigenvalue weighted by Crippen LogP contribution is -2.17. The van der Waals surface area contributed by atoms with Gasteiger partial charge in [0.2, 0.25) is 6.03 Å². The highest BCUT2D eigenvalue weighted by Gasteiger charge is 1.91. The molecule has 0 saturated carbocycles. The van der Waals surface area contributed by atoms with Gasteiger partial charge in [0, 0.05) is 0 Å². The number of nitrogens with zero attached hydrogens (tertiary/aromatic N) is 2. The second kappa shape index (κ2) is 2.75. The molecule has 0 aromatic rings. The summed E-state index contributed by atoms with van der Waals surface area (Å²) in [5.74, 6) is 0. The number of nitrogens with one attached hydrogen (secondary N) is 1.